The van der Waals surface area contributed by atoms with Crippen molar-refractivity contribution in [3.05, 3.63) is 0 Å². The first kappa shape index (κ1) is 19.9. The summed E-state index contributed by atoms with van der Waals surface area (Å²) in [6.07, 6.45) is 0. The Morgan fingerprint density at radius 1 is 1.40 bits per heavy atom. The van der Waals surface area contributed by atoms with Crippen molar-refractivity contribution in [3.63, 3.8) is 0 Å². The van der Waals surface area contributed by atoms with Crippen LogP contribution in [0.4, 0.5) is 0 Å². The van der Waals surface area contributed by atoms with E-state index in [9.17, 15) is 5.11 Å². The molecule has 1 fully saturated rings. The fraction of sp³-hybridized carbons (Fsp3) is 0.923. The first-order valence-electron chi connectivity index (χ1n) is 6.73. The fourth-order valence-electron chi connectivity index (χ4n) is 1.59. The summed E-state index contributed by atoms with van der Waals surface area (Å²) < 4.78 is 10.5. The zero-order chi connectivity index (χ0) is 14.4. The van der Waals surface area contributed by atoms with Gasteiger partial charge in [0.2, 0.25) is 0 Å². The summed E-state index contributed by atoms with van der Waals surface area (Å²) in [5, 5.41) is 15.8. The van der Waals surface area contributed by atoms with Gasteiger partial charge in [-0.05, 0) is 20.8 Å². The smallest absolute Gasteiger partial charge is 0.191 e. The maximum atomic E-state index is 9.38. The third kappa shape index (κ3) is 6.11. The number of aliphatic hydroxyl groups excluding tert-OH is 1. The lowest BCUT2D eigenvalue weighted by atomic mass is 9.87. The number of methoxy groups -OCH3 is 1. The van der Waals surface area contributed by atoms with E-state index in [2.05, 4.69) is 15.6 Å². The summed E-state index contributed by atoms with van der Waals surface area (Å²) in [5.74, 6) is 0.743. The molecule has 0 aromatic heterocycles. The molecule has 0 aliphatic carbocycles. The van der Waals surface area contributed by atoms with E-state index in [-0.39, 0.29) is 41.6 Å². The fourth-order valence-corrected chi connectivity index (χ4v) is 1.59. The van der Waals surface area contributed by atoms with Crippen LogP contribution in [0.1, 0.15) is 20.8 Å². The molecule has 0 unspecified atom stereocenters. The van der Waals surface area contributed by atoms with Gasteiger partial charge in [-0.2, -0.15) is 0 Å². The maximum absolute atomic E-state index is 9.38. The third-order valence-corrected chi connectivity index (χ3v) is 3.30. The van der Waals surface area contributed by atoms with Crippen LogP contribution in [0, 0.1) is 5.41 Å². The van der Waals surface area contributed by atoms with Crippen LogP contribution in [0.25, 0.3) is 0 Å². The van der Waals surface area contributed by atoms with Crippen LogP contribution >= 0.6 is 24.0 Å². The van der Waals surface area contributed by atoms with Gasteiger partial charge in [0.05, 0.1) is 37.4 Å². The lowest BCUT2D eigenvalue weighted by molar-refractivity contribution is -0.132. The highest BCUT2D eigenvalue weighted by molar-refractivity contribution is 14.0. The number of rotatable bonds is 7. The first-order valence-corrected chi connectivity index (χ1v) is 6.73. The number of hydrogen-bond acceptors (Lipinski definition) is 4. The highest BCUT2D eigenvalue weighted by atomic mass is 127. The van der Waals surface area contributed by atoms with Gasteiger partial charge in [0.25, 0.3) is 0 Å². The van der Waals surface area contributed by atoms with E-state index >= 15 is 0 Å². The summed E-state index contributed by atoms with van der Waals surface area (Å²) in [4.78, 5) is 4.50. The van der Waals surface area contributed by atoms with Gasteiger partial charge in [0, 0.05) is 20.2 Å². The van der Waals surface area contributed by atoms with Gasteiger partial charge in [0.1, 0.15) is 0 Å². The van der Waals surface area contributed by atoms with E-state index in [4.69, 9.17) is 9.47 Å². The summed E-state index contributed by atoms with van der Waals surface area (Å²) in [6, 6.07) is 0. The number of halogens is 1. The molecule has 6 nitrogen and oxygen atoms in total. The van der Waals surface area contributed by atoms with E-state index in [0.717, 1.165) is 12.5 Å². The van der Waals surface area contributed by atoms with Crippen LogP contribution in [0.15, 0.2) is 4.99 Å². The molecule has 0 radical (unpaired) electrons. The summed E-state index contributed by atoms with van der Waals surface area (Å²) in [6.45, 7) is 9.35. The molecule has 1 heterocycles. The molecule has 0 aromatic carbocycles. The van der Waals surface area contributed by atoms with Gasteiger partial charge < -0.3 is 25.2 Å². The molecule has 1 aliphatic rings. The van der Waals surface area contributed by atoms with Crippen molar-refractivity contribution in [1.29, 1.82) is 0 Å². The van der Waals surface area contributed by atoms with Gasteiger partial charge in [-0.15, -0.1) is 24.0 Å². The van der Waals surface area contributed by atoms with Crippen molar-refractivity contribution in [2.75, 3.05) is 46.6 Å². The third-order valence-electron chi connectivity index (χ3n) is 3.30. The average Bonchev–Trinajstić information content (AvgIpc) is 2.35. The van der Waals surface area contributed by atoms with Gasteiger partial charge >= 0.3 is 0 Å². The summed E-state index contributed by atoms with van der Waals surface area (Å²) >= 11 is 0. The zero-order valence-electron chi connectivity index (χ0n) is 12.9. The van der Waals surface area contributed by atoms with E-state index < -0.39 is 0 Å². The van der Waals surface area contributed by atoms with Gasteiger partial charge in [0.15, 0.2) is 5.96 Å². The Bertz CT molecular complexity index is 302. The molecular weight excluding hydrogens is 373 g/mol. The zero-order valence-corrected chi connectivity index (χ0v) is 15.2. The number of nitrogens with zero attached hydrogens (tertiary/aromatic N) is 1. The monoisotopic (exact) mass is 401 g/mol. The lowest BCUT2D eigenvalue weighted by Gasteiger charge is -2.40. The minimum absolute atomic E-state index is 0. The largest absolute Gasteiger partial charge is 0.396 e. The van der Waals surface area contributed by atoms with Crippen LogP contribution in [-0.4, -0.2) is 63.2 Å². The van der Waals surface area contributed by atoms with Crippen molar-refractivity contribution in [1.82, 2.24) is 10.6 Å². The molecule has 0 amide bonds. The van der Waals surface area contributed by atoms with Crippen LogP contribution in [0.5, 0.6) is 0 Å². The molecule has 0 saturated carbocycles. The van der Waals surface area contributed by atoms with E-state index in [1.165, 1.54) is 0 Å². The normalized spacial score (nSPS) is 17.9. The molecule has 1 rings (SSSR count). The molecule has 20 heavy (non-hydrogen) atoms. The Morgan fingerprint density at radius 2 is 2.05 bits per heavy atom. The minimum Gasteiger partial charge on any atom is -0.396 e. The van der Waals surface area contributed by atoms with Crippen molar-refractivity contribution in [3.8, 4) is 0 Å². The van der Waals surface area contributed by atoms with Gasteiger partial charge in [-0.3, -0.25) is 4.99 Å². The quantitative estimate of drug-likeness (QED) is 0.331. The molecule has 7 heteroatoms. The van der Waals surface area contributed by atoms with E-state index in [0.29, 0.717) is 26.3 Å². The number of aliphatic hydroxyl groups is 1. The van der Waals surface area contributed by atoms with Crippen molar-refractivity contribution in [2.24, 2.45) is 10.4 Å². The molecule has 1 aliphatic heterocycles. The number of aliphatic imine (C=N–C) groups is 1. The Morgan fingerprint density at radius 3 is 2.45 bits per heavy atom. The van der Waals surface area contributed by atoms with Crippen molar-refractivity contribution < 1.29 is 14.6 Å². The second-order valence-electron chi connectivity index (χ2n) is 5.66. The predicted molar refractivity (Wildman–Crippen MR) is 90.8 cm³/mol. The Labute approximate surface area is 138 Å². The highest BCUT2D eigenvalue weighted by Gasteiger charge is 2.38. The lowest BCUT2D eigenvalue weighted by Crippen LogP contribution is -2.55. The molecular formula is C13H28IN3O3. The number of nitrogens with one attached hydrogen (secondary N) is 2. The molecule has 0 aromatic rings. The highest BCUT2D eigenvalue weighted by Crippen LogP contribution is 2.25. The second-order valence-corrected chi connectivity index (χ2v) is 5.66. The minimum atomic E-state index is -0.281. The summed E-state index contributed by atoms with van der Waals surface area (Å²) in [5.41, 5.74) is -0.441. The van der Waals surface area contributed by atoms with Crippen LogP contribution in [0.2, 0.25) is 0 Å². The average molecular weight is 401 g/mol. The first-order chi connectivity index (χ1) is 8.97. The summed E-state index contributed by atoms with van der Waals surface area (Å²) in [7, 11) is 1.68. The van der Waals surface area contributed by atoms with E-state index in [1.807, 2.05) is 20.8 Å². The van der Waals surface area contributed by atoms with Crippen molar-refractivity contribution in [2.45, 2.75) is 26.4 Å². The van der Waals surface area contributed by atoms with Crippen LogP contribution < -0.4 is 10.6 Å². The predicted octanol–water partition coefficient (Wildman–Crippen LogP) is 0.593. The molecule has 0 spiro atoms. The van der Waals surface area contributed by atoms with Gasteiger partial charge in [-0.25, -0.2) is 0 Å². The topological polar surface area (TPSA) is 75.1 Å². The molecule has 0 bridgehead atoms. The van der Waals surface area contributed by atoms with Gasteiger partial charge in [-0.1, -0.05) is 0 Å². The van der Waals surface area contributed by atoms with E-state index in [1.54, 1.807) is 7.11 Å². The van der Waals surface area contributed by atoms with Crippen LogP contribution in [0.3, 0.4) is 0 Å². The number of guanidine groups is 1. The number of hydrogen-bond donors (Lipinski definition) is 3. The SMILES string of the molecule is CCNC(=NCC(C)(C)OC)NCC1(CO)COC1.I. The second kappa shape index (κ2) is 9.01. The molecule has 120 valence electrons. The number of ether oxygens (including phenoxy) is 2. The Kier molecular flexibility index (Phi) is 8.96. The molecule has 1 saturated heterocycles. The molecule has 3 N–H and O–H groups in total. The Hall–Kier alpha value is -0.120. The standard InChI is InChI=1S/C13H27N3O3.HI/c1-5-14-11(15-6-12(2,3)18-4)16-7-13(8-17)9-19-10-13;/h17H,5-10H2,1-4H3,(H2,14,15,16);1H. The molecule has 0 atom stereocenters. The maximum Gasteiger partial charge on any atom is 0.191 e. The Balaban J connectivity index is 0.00000361. The van der Waals surface area contributed by atoms with Crippen LogP contribution in [-0.2, 0) is 9.47 Å². The van der Waals surface area contributed by atoms with Crippen molar-refractivity contribution >= 4 is 29.9 Å².